The minimum atomic E-state index is 1.01. The molecule has 2 aromatic rings. The molecule has 0 saturated heterocycles. The third-order valence-electron chi connectivity index (χ3n) is 2.10. The van der Waals surface area contributed by atoms with Crippen LogP contribution in [-0.4, -0.2) is 0 Å². The standard InChI is InChI=1S/C12H10S/c1-2-9-7-10-5-3-4-6-11(10)12(13)8-9/h2-8,13H,1H2. The lowest BCUT2D eigenvalue weighted by atomic mass is 10.1. The Morgan fingerprint density at radius 3 is 2.69 bits per heavy atom. The van der Waals surface area contributed by atoms with Crippen molar-refractivity contribution in [1.82, 2.24) is 0 Å². The lowest BCUT2D eigenvalue weighted by Crippen LogP contribution is -1.77. The first-order valence-electron chi connectivity index (χ1n) is 4.15. The highest BCUT2D eigenvalue weighted by Gasteiger charge is 1.97. The average molecular weight is 186 g/mol. The van der Waals surface area contributed by atoms with Crippen molar-refractivity contribution < 1.29 is 0 Å². The monoisotopic (exact) mass is 186 g/mol. The molecule has 13 heavy (non-hydrogen) atoms. The smallest absolute Gasteiger partial charge is 0.0125 e. The van der Waals surface area contributed by atoms with Crippen LogP contribution in [0.25, 0.3) is 16.8 Å². The third-order valence-corrected chi connectivity index (χ3v) is 2.47. The molecule has 0 fully saturated rings. The molecule has 0 spiro atoms. The van der Waals surface area contributed by atoms with Gasteiger partial charge in [0.15, 0.2) is 0 Å². The fraction of sp³-hybridized carbons (Fsp3) is 0. The summed E-state index contributed by atoms with van der Waals surface area (Å²) in [5, 5.41) is 2.40. The Hall–Kier alpha value is -1.21. The summed E-state index contributed by atoms with van der Waals surface area (Å²) < 4.78 is 0. The number of fused-ring (bicyclic) bond motifs is 1. The minimum absolute atomic E-state index is 1.01. The SMILES string of the molecule is C=Cc1cc(S)c2ccccc2c1. The normalized spacial score (nSPS) is 10.2. The van der Waals surface area contributed by atoms with E-state index in [1.807, 2.05) is 24.3 Å². The highest BCUT2D eigenvalue weighted by Crippen LogP contribution is 2.24. The summed E-state index contributed by atoms with van der Waals surface area (Å²) in [6, 6.07) is 12.4. The molecule has 64 valence electrons. The Morgan fingerprint density at radius 2 is 1.92 bits per heavy atom. The van der Waals surface area contributed by atoms with Gasteiger partial charge in [-0.3, -0.25) is 0 Å². The zero-order valence-corrected chi connectivity index (χ0v) is 8.09. The molecule has 0 bridgehead atoms. The van der Waals surface area contributed by atoms with Crippen LogP contribution in [0.4, 0.5) is 0 Å². The van der Waals surface area contributed by atoms with Crippen LogP contribution < -0.4 is 0 Å². The maximum Gasteiger partial charge on any atom is 0.0125 e. The molecule has 2 aromatic carbocycles. The van der Waals surface area contributed by atoms with Gasteiger partial charge < -0.3 is 0 Å². The molecule has 0 N–H and O–H groups in total. The topological polar surface area (TPSA) is 0 Å². The van der Waals surface area contributed by atoms with Gasteiger partial charge in [0.2, 0.25) is 0 Å². The largest absolute Gasteiger partial charge is 0.143 e. The van der Waals surface area contributed by atoms with Gasteiger partial charge in [-0.15, -0.1) is 12.6 Å². The molecule has 0 amide bonds. The second kappa shape index (κ2) is 3.27. The molecule has 0 unspecified atom stereocenters. The lowest BCUT2D eigenvalue weighted by molar-refractivity contribution is 1.54. The molecular weight excluding hydrogens is 176 g/mol. The lowest BCUT2D eigenvalue weighted by Gasteiger charge is -2.02. The number of hydrogen-bond acceptors (Lipinski definition) is 1. The summed E-state index contributed by atoms with van der Waals surface area (Å²) in [6.07, 6.45) is 1.84. The maximum absolute atomic E-state index is 4.43. The van der Waals surface area contributed by atoms with Crippen LogP contribution in [0.5, 0.6) is 0 Å². The van der Waals surface area contributed by atoms with E-state index >= 15 is 0 Å². The molecule has 0 atom stereocenters. The Bertz CT molecular complexity index is 458. The predicted molar refractivity (Wildman–Crippen MR) is 61.3 cm³/mol. The van der Waals surface area contributed by atoms with E-state index < -0.39 is 0 Å². The van der Waals surface area contributed by atoms with Gasteiger partial charge in [0.25, 0.3) is 0 Å². The highest BCUT2D eigenvalue weighted by molar-refractivity contribution is 7.80. The molecule has 0 radical (unpaired) electrons. The van der Waals surface area contributed by atoms with Crippen molar-refractivity contribution in [3.63, 3.8) is 0 Å². The number of rotatable bonds is 1. The fourth-order valence-electron chi connectivity index (χ4n) is 1.43. The third kappa shape index (κ3) is 1.47. The van der Waals surface area contributed by atoms with Crippen molar-refractivity contribution in [3.8, 4) is 0 Å². The Labute approximate surface area is 83.3 Å². The molecule has 0 nitrogen and oxygen atoms in total. The van der Waals surface area contributed by atoms with Gasteiger partial charge in [-0.05, 0) is 28.5 Å². The first-order chi connectivity index (χ1) is 6.31. The van der Waals surface area contributed by atoms with Crippen LogP contribution in [0.3, 0.4) is 0 Å². The van der Waals surface area contributed by atoms with E-state index in [-0.39, 0.29) is 0 Å². The van der Waals surface area contributed by atoms with Gasteiger partial charge in [0.1, 0.15) is 0 Å². The van der Waals surface area contributed by atoms with Crippen molar-refractivity contribution in [2.45, 2.75) is 4.90 Å². The Balaban J connectivity index is 2.84. The quantitative estimate of drug-likeness (QED) is 0.644. The second-order valence-corrected chi connectivity index (χ2v) is 3.45. The molecule has 0 aromatic heterocycles. The summed E-state index contributed by atoms with van der Waals surface area (Å²) in [7, 11) is 0. The molecule has 2 rings (SSSR count). The van der Waals surface area contributed by atoms with Gasteiger partial charge in [-0.25, -0.2) is 0 Å². The van der Waals surface area contributed by atoms with Crippen LogP contribution in [0.1, 0.15) is 5.56 Å². The van der Waals surface area contributed by atoms with Crippen molar-refractivity contribution in [1.29, 1.82) is 0 Å². The van der Waals surface area contributed by atoms with Gasteiger partial charge in [0, 0.05) is 4.90 Å². The first kappa shape index (κ1) is 8.39. The Kier molecular flexibility index (Phi) is 2.11. The van der Waals surface area contributed by atoms with Crippen molar-refractivity contribution >= 4 is 29.5 Å². The summed E-state index contributed by atoms with van der Waals surface area (Å²) in [6.45, 7) is 3.74. The Morgan fingerprint density at radius 1 is 1.15 bits per heavy atom. The highest BCUT2D eigenvalue weighted by atomic mass is 32.1. The maximum atomic E-state index is 4.43. The average Bonchev–Trinajstić information content (AvgIpc) is 2.18. The van der Waals surface area contributed by atoms with E-state index in [0.717, 1.165) is 10.5 Å². The molecule has 0 aliphatic carbocycles. The summed E-state index contributed by atoms with van der Waals surface area (Å²) in [5.74, 6) is 0. The van der Waals surface area contributed by atoms with Crippen LogP contribution in [0, 0.1) is 0 Å². The number of thiol groups is 1. The van der Waals surface area contributed by atoms with Crippen LogP contribution in [-0.2, 0) is 0 Å². The number of benzene rings is 2. The van der Waals surface area contributed by atoms with Crippen LogP contribution in [0.15, 0.2) is 47.9 Å². The van der Waals surface area contributed by atoms with E-state index in [4.69, 9.17) is 0 Å². The van der Waals surface area contributed by atoms with E-state index in [1.54, 1.807) is 0 Å². The van der Waals surface area contributed by atoms with Crippen molar-refractivity contribution in [3.05, 3.63) is 48.5 Å². The molecule has 0 aliphatic heterocycles. The van der Waals surface area contributed by atoms with Crippen molar-refractivity contribution in [2.75, 3.05) is 0 Å². The molecular formula is C12H10S. The minimum Gasteiger partial charge on any atom is -0.143 e. The zero-order valence-electron chi connectivity index (χ0n) is 7.20. The van der Waals surface area contributed by atoms with E-state index in [1.165, 1.54) is 10.8 Å². The molecule has 1 heteroatoms. The predicted octanol–water partition coefficient (Wildman–Crippen LogP) is 3.77. The second-order valence-electron chi connectivity index (χ2n) is 2.97. The van der Waals surface area contributed by atoms with Gasteiger partial charge in [-0.1, -0.05) is 36.9 Å². The van der Waals surface area contributed by atoms with Crippen LogP contribution >= 0.6 is 12.6 Å². The summed E-state index contributed by atoms with van der Waals surface area (Å²) in [5.41, 5.74) is 1.11. The number of hydrogen-bond donors (Lipinski definition) is 1. The molecule has 0 heterocycles. The van der Waals surface area contributed by atoms with E-state index in [0.29, 0.717) is 0 Å². The van der Waals surface area contributed by atoms with Crippen molar-refractivity contribution in [2.24, 2.45) is 0 Å². The van der Waals surface area contributed by atoms with E-state index in [2.05, 4.69) is 37.4 Å². The molecule has 0 saturated carbocycles. The van der Waals surface area contributed by atoms with E-state index in [9.17, 15) is 0 Å². The van der Waals surface area contributed by atoms with Crippen LogP contribution in [0.2, 0.25) is 0 Å². The summed E-state index contributed by atoms with van der Waals surface area (Å²) >= 11 is 4.43. The fourth-order valence-corrected chi connectivity index (χ4v) is 1.78. The van der Waals surface area contributed by atoms with Gasteiger partial charge in [0.05, 0.1) is 0 Å². The molecule has 0 aliphatic rings. The van der Waals surface area contributed by atoms with Gasteiger partial charge >= 0.3 is 0 Å². The van der Waals surface area contributed by atoms with Gasteiger partial charge in [-0.2, -0.15) is 0 Å². The summed E-state index contributed by atoms with van der Waals surface area (Å²) in [4.78, 5) is 1.01. The first-order valence-corrected chi connectivity index (χ1v) is 4.60. The zero-order chi connectivity index (χ0) is 9.26.